The van der Waals surface area contributed by atoms with E-state index >= 15 is 0 Å². The van der Waals surface area contributed by atoms with Gasteiger partial charge >= 0.3 is 0 Å². The Morgan fingerprint density at radius 3 is 2.79 bits per heavy atom. The van der Waals surface area contributed by atoms with Gasteiger partial charge in [0.05, 0.1) is 0 Å². The molecule has 2 fully saturated rings. The Labute approximate surface area is 169 Å². The van der Waals surface area contributed by atoms with Crippen LogP contribution in [0.25, 0.3) is 0 Å². The van der Waals surface area contributed by atoms with Crippen LogP contribution >= 0.6 is 0 Å². The summed E-state index contributed by atoms with van der Waals surface area (Å²) in [6, 6.07) is -0.00406. The van der Waals surface area contributed by atoms with E-state index in [1.165, 1.54) is 11.3 Å². The predicted molar refractivity (Wildman–Crippen MR) is 109 cm³/mol. The highest BCUT2D eigenvalue weighted by Crippen LogP contribution is 2.20. The molecular formula is C17H29N11O. The second kappa shape index (κ2) is 8.99. The Bertz CT molecular complexity index is 772. The fourth-order valence-electron chi connectivity index (χ4n) is 3.44. The average molecular weight is 403 g/mol. The zero-order valence-electron chi connectivity index (χ0n) is 16.7. The maximum absolute atomic E-state index is 12.1. The quantitative estimate of drug-likeness (QED) is 0.276. The monoisotopic (exact) mass is 403 g/mol. The second-order valence-corrected chi connectivity index (χ2v) is 7.83. The normalized spacial score (nSPS) is 25.3. The number of aliphatic imine (C=N–C) groups is 1. The topological polar surface area (TPSA) is 183 Å². The number of hydrogen-bond donors (Lipinski definition) is 6. The summed E-state index contributed by atoms with van der Waals surface area (Å²) in [7, 11) is 0. The molecule has 1 amide bonds. The Morgan fingerprint density at radius 2 is 2.10 bits per heavy atom. The molecule has 1 aromatic rings. The summed E-state index contributed by atoms with van der Waals surface area (Å²) in [6.45, 7) is 4.01. The van der Waals surface area contributed by atoms with Crippen molar-refractivity contribution in [2.75, 3.05) is 5.32 Å². The summed E-state index contributed by atoms with van der Waals surface area (Å²) in [4.78, 5) is 28.6. The summed E-state index contributed by atoms with van der Waals surface area (Å²) < 4.78 is 0. The Kier molecular flexibility index (Phi) is 6.42. The number of nitrogens with two attached hydrogens (primary N) is 2. The van der Waals surface area contributed by atoms with Crippen LogP contribution < -0.4 is 27.5 Å². The first kappa shape index (κ1) is 20.7. The van der Waals surface area contributed by atoms with Crippen LogP contribution in [-0.4, -0.2) is 55.9 Å². The van der Waals surface area contributed by atoms with Crippen LogP contribution in [0.15, 0.2) is 11.3 Å². The molecule has 0 aromatic carbocycles. The molecule has 12 heteroatoms. The van der Waals surface area contributed by atoms with Gasteiger partial charge in [-0.25, -0.2) is 9.99 Å². The molecule has 1 aliphatic heterocycles. The SMILES string of the molecule is CC(C)CC1C(=O)NC(=N)N1N/C(N)=N\c1ncnc(NC2CCC(N)CC2)n1. The van der Waals surface area contributed by atoms with Crippen LogP contribution in [0.5, 0.6) is 0 Å². The van der Waals surface area contributed by atoms with Crippen molar-refractivity contribution in [2.24, 2.45) is 22.4 Å². The van der Waals surface area contributed by atoms with Crippen molar-refractivity contribution in [1.29, 1.82) is 5.41 Å². The smallest absolute Gasteiger partial charge is 0.257 e. The van der Waals surface area contributed by atoms with E-state index in [2.05, 4.69) is 36.0 Å². The van der Waals surface area contributed by atoms with Gasteiger partial charge in [-0.3, -0.25) is 20.9 Å². The van der Waals surface area contributed by atoms with Crippen LogP contribution in [0.4, 0.5) is 11.9 Å². The molecule has 2 aliphatic rings. The minimum Gasteiger partial charge on any atom is -0.368 e. The first-order valence-electron chi connectivity index (χ1n) is 9.82. The maximum atomic E-state index is 12.1. The fourth-order valence-corrected chi connectivity index (χ4v) is 3.44. The number of nitrogens with zero attached hydrogens (tertiary/aromatic N) is 5. The van der Waals surface area contributed by atoms with Crippen molar-refractivity contribution < 1.29 is 4.79 Å². The number of carbonyl (C=O) groups excluding carboxylic acids is 1. The molecule has 1 aliphatic carbocycles. The van der Waals surface area contributed by atoms with Gasteiger partial charge in [0.25, 0.3) is 11.9 Å². The highest BCUT2D eigenvalue weighted by atomic mass is 16.2. The molecule has 158 valence electrons. The van der Waals surface area contributed by atoms with Crippen LogP contribution in [0.3, 0.4) is 0 Å². The van der Waals surface area contributed by atoms with Crippen molar-refractivity contribution in [3.05, 3.63) is 6.33 Å². The zero-order valence-corrected chi connectivity index (χ0v) is 16.7. The lowest BCUT2D eigenvalue weighted by molar-refractivity contribution is -0.122. The van der Waals surface area contributed by atoms with Crippen molar-refractivity contribution in [2.45, 2.75) is 64.1 Å². The van der Waals surface area contributed by atoms with Gasteiger partial charge in [0.2, 0.25) is 17.9 Å². The third-order valence-corrected chi connectivity index (χ3v) is 4.91. The highest BCUT2D eigenvalue weighted by molar-refractivity contribution is 6.05. The van der Waals surface area contributed by atoms with Crippen molar-refractivity contribution in [1.82, 2.24) is 30.7 Å². The number of nitrogens with one attached hydrogen (secondary N) is 4. The van der Waals surface area contributed by atoms with Gasteiger partial charge in [-0.05, 0) is 38.0 Å². The maximum Gasteiger partial charge on any atom is 0.257 e. The minimum atomic E-state index is -0.537. The van der Waals surface area contributed by atoms with E-state index in [1.54, 1.807) is 0 Å². The number of hydrogen-bond acceptors (Lipinski definition) is 8. The van der Waals surface area contributed by atoms with Crippen molar-refractivity contribution in [3.63, 3.8) is 0 Å². The second-order valence-electron chi connectivity index (χ2n) is 7.83. The number of carbonyl (C=O) groups is 1. The van der Waals surface area contributed by atoms with E-state index in [4.69, 9.17) is 16.9 Å². The Morgan fingerprint density at radius 1 is 1.38 bits per heavy atom. The molecule has 3 rings (SSSR count). The van der Waals surface area contributed by atoms with Gasteiger partial charge in [-0.2, -0.15) is 15.0 Å². The molecule has 1 saturated carbocycles. The van der Waals surface area contributed by atoms with E-state index in [9.17, 15) is 4.79 Å². The molecule has 1 saturated heterocycles. The summed E-state index contributed by atoms with van der Waals surface area (Å²) >= 11 is 0. The first-order valence-corrected chi connectivity index (χ1v) is 9.82. The van der Waals surface area contributed by atoms with E-state index < -0.39 is 6.04 Å². The van der Waals surface area contributed by atoms with Gasteiger partial charge in [0, 0.05) is 12.1 Å². The zero-order chi connectivity index (χ0) is 21.0. The summed E-state index contributed by atoms with van der Waals surface area (Å²) in [5.74, 6) is 0.475. The largest absolute Gasteiger partial charge is 0.368 e. The van der Waals surface area contributed by atoms with E-state index in [0.29, 0.717) is 12.4 Å². The molecule has 29 heavy (non-hydrogen) atoms. The molecule has 1 unspecified atom stereocenters. The van der Waals surface area contributed by atoms with Gasteiger partial charge in [0.15, 0.2) is 0 Å². The molecule has 8 N–H and O–H groups in total. The standard InChI is InChI=1S/C17H29N11O/c1-9(2)7-12-13(29)24-15(20)28(12)27-14(19)25-17-22-8-21-16(26-17)23-11-5-3-10(18)4-6-11/h8-12H,3-7,18H2,1-2H3,(H2,20,24,29)(H4,19,21,22,23,25,26,27). The highest BCUT2D eigenvalue weighted by Gasteiger charge is 2.37. The third kappa shape index (κ3) is 5.50. The minimum absolute atomic E-state index is 0.0270. The molecule has 0 radical (unpaired) electrons. The number of anilines is 1. The molecule has 12 nitrogen and oxygen atoms in total. The Balaban J connectivity index is 1.64. The molecule has 1 atom stereocenters. The Hall–Kier alpha value is -3.02. The van der Waals surface area contributed by atoms with Gasteiger partial charge < -0.3 is 16.8 Å². The van der Waals surface area contributed by atoms with Crippen molar-refractivity contribution in [3.8, 4) is 0 Å². The van der Waals surface area contributed by atoms with E-state index in [0.717, 1.165) is 25.7 Å². The fraction of sp³-hybridized carbons (Fsp3) is 0.647. The number of aromatic nitrogens is 3. The van der Waals surface area contributed by atoms with Gasteiger partial charge in [-0.1, -0.05) is 13.8 Å². The summed E-state index contributed by atoms with van der Waals surface area (Å²) in [5, 5.41) is 15.1. The third-order valence-electron chi connectivity index (χ3n) is 4.91. The first-order chi connectivity index (χ1) is 13.8. The van der Waals surface area contributed by atoms with Crippen LogP contribution in [0.2, 0.25) is 0 Å². The molecular weight excluding hydrogens is 374 g/mol. The van der Waals surface area contributed by atoms with Crippen LogP contribution in [-0.2, 0) is 4.79 Å². The number of amides is 1. The van der Waals surface area contributed by atoms with Crippen LogP contribution in [0.1, 0.15) is 46.0 Å². The molecule has 2 heterocycles. The number of rotatable bonds is 6. The lowest BCUT2D eigenvalue weighted by Gasteiger charge is -2.26. The van der Waals surface area contributed by atoms with Gasteiger partial charge in [-0.15, -0.1) is 0 Å². The van der Waals surface area contributed by atoms with Crippen LogP contribution in [0, 0.1) is 11.3 Å². The summed E-state index contributed by atoms with van der Waals surface area (Å²) in [5.41, 5.74) is 14.7. The molecule has 0 bridgehead atoms. The average Bonchev–Trinajstić information content (AvgIpc) is 2.90. The lowest BCUT2D eigenvalue weighted by Crippen LogP contribution is -2.51. The summed E-state index contributed by atoms with van der Waals surface area (Å²) in [6.07, 6.45) is 5.79. The number of hydrazine groups is 1. The molecule has 1 aromatic heterocycles. The molecule has 0 spiro atoms. The van der Waals surface area contributed by atoms with Gasteiger partial charge in [0.1, 0.15) is 12.4 Å². The van der Waals surface area contributed by atoms with E-state index in [-0.39, 0.29) is 41.8 Å². The van der Waals surface area contributed by atoms with Crippen molar-refractivity contribution >= 4 is 29.7 Å². The van der Waals surface area contributed by atoms with E-state index in [1.807, 2.05) is 13.8 Å². The number of guanidine groups is 2. The predicted octanol–water partition coefficient (Wildman–Crippen LogP) is -0.215. The lowest BCUT2D eigenvalue weighted by atomic mass is 9.92.